The molecule has 0 bridgehead atoms. The first-order valence-electron chi connectivity index (χ1n) is 8.39. The van der Waals surface area contributed by atoms with E-state index in [-0.39, 0.29) is 11.7 Å². The number of nitrogens with two attached hydrogens (primary N) is 2. The molecule has 3 rings (SSSR count). The van der Waals surface area contributed by atoms with E-state index in [0.29, 0.717) is 11.1 Å². The number of amidine groups is 2. The molecule has 0 saturated carbocycles. The van der Waals surface area contributed by atoms with Crippen LogP contribution in [0.2, 0.25) is 0 Å². The molecule has 0 fully saturated rings. The fourth-order valence-corrected chi connectivity index (χ4v) is 2.57. The van der Waals surface area contributed by atoms with E-state index in [1.165, 1.54) is 14.2 Å². The topological polar surface area (TPSA) is 121 Å². The van der Waals surface area contributed by atoms with E-state index < -0.39 is 0 Å². The van der Waals surface area contributed by atoms with Crippen molar-refractivity contribution < 1.29 is 9.68 Å². The maximum atomic E-state index is 5.80. The molecule has 0 radical (unpaired) electrons. The lowest BCUT2D eigenvalue weighted by molar-refractivity contribution is 0.213. The summed E-state index contributed by atoms with van der Waals surface area (Å²) in [6, 6.07) is 15.4. The van der Waals surface area contributed by atoms with Crippen LogP contribution < -0.4 is 11.5 Å². The molecule has 4 N–H and O–H groups in total. The maximum Gasteiger partial charge on any atom is 0.171 e. The van der Waals surface area contributed by atoms with Crippen molar-refractivity contribution in [1.82, 2.24) is 9.97 Å². The summed E-state index contributed by atoms with van der Waals surface area (Å²) < 4.78 is 0. The summed E-state index contributed by atoms with van der Waals surface area (Å²) in [6.45, 7) is 0. The molecular weight excluding hydrogens is 356 g/mol. The Kier molecular flexibility index (Phi) is 5.81. The van der Waals surface area contributed by atoms with Crippen LogP contribution in [-0.4, -0.2) is 35.9 Å². The summed E-state index contributed by atoms with van der Waals surface area (Å²) in [7, 11) is 2.89. The standard InChI is InChI=1S/C20H20N6O2/c1-27-25-19(21)15-6-8-17(23-11-15)13-4-3-5-14(10-13)18-9-7-16(12-24-18)20(22)26-28-2/h3-12H,1-2H3,(H2,21,25)(H2,22,26). The predicted molar refractivity (Wildman–Crippen MR) is 108 cm³/mol. The van der Waals surface area contributed by atoms with Crippen molar-refractivity contribution in [3.05, 3.63) is 72.1 Å². The van der Waals surface area contributed by atoms with Gasteiger partial charge in [-0.1, -0.05) is 28.5 Å². The summed E-state index contributed by atoms with van der Waals surface area (Å²) in [4.78, 5) is 18.3. The normalized spacial score (nSPS) is 11.9. The van der Waals surface area contributed by atoms with E-state index in [9.17, 15) is 0 Å². The van der Waals surface area contributed by atoms with Crippen LogP contribution in [0.4, 0.5) is 0 Å². The molecule has 0 amide bonds. The summed E-state index contributed by atoms with van der Waals surface area (Å²) in [5.41, 5.74) is 16.5. The van der Waals surface area contributed by atoms with Gasteiger partial charge in [-0.05, 0) is 30.3 Å². The third-order valence-electron chi connectivity index (χ3n) is 3.95. The predicted octanol–water partition coefficient (Wildman–Crippen LogP) is 2.34. The zero-order valence-corrected chi connectivity index (χ0v) is 15.5. The highest BCUT2D eigenvalue weighted by atomic mass is 16.6. The molecule has 8 nitrogen and oxygen atoms in total. The summed E-state index contributed by atoms with van der Waals surface area (Å²) >= 11 is 0. The van der Waals surface area contributed by atoms with Crippen molar-refractivity contribution in [1.29, 1.82) is 0 Å². The Balaban J connectivity index is 1.86. The Morgan fingerprint density at radius 3 is 1.57 bits per heavy atom. The second-order valence-corrected chi connectivity index (χ2v) is 5.76. The third-order valence-corrected chi connectivity index (χ3v) is 3.95. The zero-order valence-electron chi connectivity index (χ0n) is 15.5. The maximum absolute atomic E-state index is 5.80. The number of hydrogen-bond acceptors (Lipinski definition) is 6. The van der Waals surface area contributed by atoms with Crippen LogP contribution >= 0.6 is 0 Å². The number of rotatable bonds is 6. The Labute approximate surface area is 162 Å². The molecule has 0 aliphatic heterocycles. The Morgan fingerprint density at radius 1 is 0.750 bits per heavy atom. The van der Waals surface area contributed by atoms with Crippen LogP contribution in [0, 0.1) is 0 Å². The van der Waals surface area contributed by atoms with Crippen LogP contribution in [0.15, 0.2) is 71.2 Å². The molecule has 2 aromatic heterocycles. The monoisotopic (exact) mass is 376 g/mol. The van der Waals surface area contributed by atoms with Gasteiger partial charge in [-0.25, -0.2) is 0 Å². The molecular formula is C20H20N6O2. The van der Waals surface area contributed by atoms with Crippen LogP contribution in [0.3, 0.4) is 0 Å². The number of hydrogen-bond donors (Lipinski definition) is 2. The zero-order chi connectivity index (χ0) is 19.9. The molecule has 28 heavy (non-hydrogen) atoms. The van der Waals surface area contributed by atoms with Gasteiger partial charge in [0.2, 0.25) is 0 Å². The van der Waals surface area contributed by atoms with Gasteiger partial charge in [0.1, 0.15) is 14.2 Å². The first-order chi connectivity index (χ1) is 13.6. The van der Waals surface area contributed by atoms with Crippen molar-refractivity contribution in [3.63, 3.8) is 0 Å². The number of benzene rings is 1. The quantitative estimate of drug-likeness (QED) is 0.387. The van der Waals surface area contributed by atoms with Crippen LogP contribution in [0.1, 0.15) is 11.1 Å². The van der Waals surface area contributed by atoms with Gasteiger partial charge in [-0.2, -0.15) is 0 Å². The molecule has 0 saturated heterocycles. The lowest BCUT2D eigenvalue weighted by Crippen LogP contribution is -2.13. The molecule has 8 heteroatoms. The van der Waals surface area contributed by atoms with E-state index in [0.717, 1.165) is 22.5 Å². The molecule has 0 unspecified atom stereocenters. The van der Waals surface area contributed by atoms with Gasteiger partial charge >= 0.3 is 0 Å². The smallest absolute Gasteiger partial charge is 0.171 e. The fraction of sp³-hybridized carbons (Fsp3) is 0.100. The summed E-state index contributed by atoms with van der Waals surface area (Å²) in [6.07, 6.45) is 3.32. The molecule has 0 spiro atoms. The van der Waals surface area contributed by atoms with Crippen molar-refractivity contribution in [3.8, 4) is 22.5 Å². The van der Waals surface area contributed by atoms with Crippen LogP contribution in [0.25, 0.3) is 22.5 Å². The largest absolute Gasteiger partial charge is 0.397 e. The van der Waals surface area contributed by atoms with E-state index in [1.807, 2.05) is 48.5 Å². The van der Waals surface area contributed by atoms with Gasteiger partial charge in [0.05, 0.1) is 11.4 Å². The van der Waals surface area contributed by atoms with Crippen molar-refractivity contribution >= 4 is 11.7 Å². The van der Waals surface area contributed by atoms with E-state index in [2.05, 4.69) is 30.0 Å². The third kappa shape index (κ3) is 4.24. The van der Waals surface area contributed by atoms with E-state index in [1.54, 1.807) is 12.4 Å². The minimum Gasteiger partial charge on any atom is -0.397 e. The highest BCUT2D eigenvalue weighted by molar-refractivity contribution is 5.97. The number of oxime groups is 2. The molecule has 0 atom stereocenters. The van der Waals surface area contributed by atoms with Crippen molar-refractivity contribution in [2.75, 3.05) is 14.2 Å². The van der Waals surface area contributed by atoms with Crippen molar-refractivity contribution in [2.45, 2.75) is 0 Å². The van der Waals surface area contributed by atoms with Crippen LogP contribution in [0.5, 0.6) is 0 Å². The summed E-state index contributed by atoms with van der Waals surface area (Å²) in [5, 5.41) is 7.41. The number of nitrogens with zero attached hydrogens (tertiary/aromatic N) is 4. The minimum atomic E-state index is 0.274. The van der Waals surface area contributed by atoms with Gasteiger partial charge in [-0.3, -0.25) is 9.97 Å². The Bertz CT molecular complexity index is 919. The average Bonchev–Trinajstić information content (AvgIpc) is 2.74. The second-order valence-electron chi connectivity index (χ2n) is 5.76. The van der Waals surface area contributed by atoms with Gasteiger partial charge in [0.15, 0.2) is 11.7 Å². The first-order valence-corrected chi connectivity index (χ1v) is 8.39. The first kappa shape index (κ1) is 18.8. The van der Waals surface area contributed by atoms with Gasteiger partial charge < -0.3 is 21.1 Å². The molecule has 142 valence electrons. The van der Waals surface area contributed by atoms with Crippen molar-refractivity contribution in [2.24, 2.45) is 21.8 Å². The molecule has 1 aromatic carbocycles. The second kappa shape index (κ2) is 8.63. The summed E-state index contributed by atoms with van der Waals surface area (Å²) in [5.74, 6) is 0.548. The lowest BCUT2D eigenvalue weighted by atomic mass is 10.0. The van der Waals surface area contributed by atoms with Crippen LogP contribution in [-0.2, 0) is 9.68 Å². The van der Waals surface area contributed by atoms with Gasteiger partial charge in [-0.15, -0.1) is 0 Å². The highest BCUT2D eigenvalue weighted by Crippen LogP contribution is 2.24. The minimum absolute atomic E-state index is 0.274. The number of aromatic nitrogens is 2. The fourth-order valence-electron chi connectivity index (χ4n) is 2.57. The molecule has 3 aromatic rings. The highest BCUT2D eigenvalue weighted by Gasteiger charge is 2.07. The molecule has 0 aliphatic carbocycles. The Hall–Kier alpha value is -3.94. The van der Waals surface area contributed by atoms with E-state index in [4.69, 9.17) is 11.5 Å². The average molecular weight is 376 g/mol. The van der Waals surface area contributed by atoms with E-state index >= 15 is 0 Å². The molecule has 2 heterocycles. The van der Waals surface area contributed by atoms with Gasteiger partial charge in [0, 0.05) is 34.6 Å². The Morgan fingerprint density at radius 2 is 1.21 bits per heavy atom. The van der Waals surface area contributed by atoms with Gasteiger partial charge in [0.25, 0.3) is 0 Å². The lowest BCUT2D eigenvalue weighted by Gasteiger charge is -2.07. The SMILES string of the molecule is CO/N=C(\N)c1ccc(-c2cccc(-c3ccc(/C(N)=N/OC)cn3)c2)nc1. The number of pyridine rings is 2. The molecule has 0 aliphatic rings.